The van der Waals surface area contributed by atoms with Gasteiger partial charge in [0.15, 0.2) is 0 Å². The number of hydrogen-bond donors (Lipinski definition) is 1. The fraction of sp³-hybridized carbons (Fsp3) is 0.238. The molecule has 2 aromatic carbocycles. The molecule has 7 nitrogen and oxygen atoms in total. The molecule has 0 atom stereocenters. The first-order valence-corrected chi connectivity index (χ1v) is 8.87. The van der Waals surface area contributed by atoms with Crippen molar-refractivity contribution in [3.05, 3.63) is 69.1 Å². The van der Waals surface area contributed by atoms with E-state index in [1.54, 1.807) is 47.9 Å². The van der Waals surface area contributed by atoms with E-state index in [4.69, 9.17) is 4.74 Å². The van der Waals surface area contributed by atoms with Crippen LogP contribution in [0.2, 0.25) is 0 Å². The lowest BCUT2D eigenvalue weighted by Crippen LogP contribution is -2.23. The number of anilines is 1. The Kier molecular flexibility index (Phi) is 5.26. The van der Waals surface area contributed by atoms with Crippen LogP contribution in [-0.4, -0.2) is 28.5 Å². The number of rotatable bonds is 4. The highest BCUT2D eigenvalue weighted by Crippen LogP contribution is 2.20. The van der Waals surface area contributed by atoms with Crippen molar-refractivity contribution < 1.29 is 14.3 Å². The van der Waals surface area contributed by atoms with Crippen molar-refractivity contribution >= 4 is 28.6 Å². The van der Waals surface area contributed by atoms with Gasteiger partial charge in [-0.15, -0.1) is 0 Å². The van der Waals surface area contributed by atoms with Crippen molar-refractivity contribution in [3.63, 3.8) is 0 Å². The third-order valence-corrected chi connectivity index (χ3v) is 4.59. The summed E-state index contributed by atoms with van der Waals surface area (Å²) in [5.74, 6) is -0.806. The number of fused-ring (bicyclic) bond motifs is 1. The third-order valence-electron chi connectivity index (χ3n) is 4.59. The van der Waals surface area contributed by atoms with Crippen LogP contribution in [0.3, 0.4) is 0 Å². The van der Waals surface area contributed by atoms with E-state index in [1.807, 2.05) is 13.8 Å². The summed E-state index contributed by atoms with van der Waals surface area (Å²) < 4.78 is 6.35. The van der Waals surface area contributed by atoms with Crippen LogP contribution < -0.4 is 10.9 Å². The number of carbonyl (C=O) groups is 2. The largest absolute Gasteiger partial charge is 0.465 e. The van der Waals surface area contributed by atoms with Crippen LogP contribution >= 0.6 is 0 Å². The molecule has 0 saturated heterocycles. The highest BCUT2D eigenvalue weighted by molar-refractivity contribution is 6.06. The molecular weight excluding hydrogens is 358 g/mol. The standard InChI is InChI=1S/C21H21N3O4/c1-5-24-18-9-8-14(10-17(18)22-13(3)20(24)26)19(25)23-16-11-15(21(27)28-4)7-6-12(16)2/h6-11H,5H2,1-4H3,(H,23,25). The van der Waals surface area contributed by atoms with Crippen LogP contribution in [0.5, 0.6) is 0 Å². The topological polar surface area (TPSA) is 90.3 Å². The van der Waals surface area contributed by atoms with Crippen LogP contribution in [0.25, 0.3) is 11.0 Å². The quantitative estimate of drug-likeness (QED) is 0.704. The predicted octanol–water partition coefficient (Wildman–Crippen LogP) is 3.07. The van der Waals surface area contributed by atoms with E-state index < -0.39 is 5.97 Å². The molecule has 0 aliphatic carbocycles. The number of nitrogens with zero attached hydrogens (tertiary/aromatic N) is 2. The average Bonchev–Trinajstić information content (AvgIpc) is 2.69. The monoisotopic (exact) mass is 379 g/mol. The second-order valence-corrected chi connectivity index (χ2v) is 6.43. The normalized spacial score (nSPS) is 10.7. The lowest BCUT2D eigenvalue weighted by atomic mass is 10.1. The summed E-state index contributed by atoms with van der Waals surface area (Å²) in [4.78, 5) is 41.0. The van der Waals surface area contributed by atoms with Gasteiger partial charge in [0.25, 0.3) is 11.5 Å². The maximum absolute atomic E-state index is 12.7. The number of ether oxygens (including phenoxy) is 1. The average molecular weight is 379 g/mol. The van der Waals surface area contributed by atoms with Gasteiger partial charge < -0.3 is 14.6 Å². The van der Waals surface area contributed by atoms with Crippen molar-refractivity contribution in [2.24, 2.45) is 0 Å². The van der Waals surface area contributed by atoms with Crippen LogP contribution in [0.1, 0.15) is 38.9 Å². The SMILES string of the molecule is CCn1c(=O)c(C)nc2cc(C(=O)Nc3cc(C(=O)OC)ccc3C)ccc21. The van der Waals surface area contributed by atoms with Crippen molar-refractivity contribution in [3.8, 4) is 0 Å². The van der Waals surface area contributed by atoms with Gasteiger partial charge in [0, 0.05) is 17.8 Å². The molecule has 1 N–H and O–H groups in total. The molecule has 1 aromatic heterocycles. The minimum atomic E-state index is -0.474. The van der Waals surface area contributed by atoms with Gasteiger partial charge in [0.1, 0.15) is 5.69 Å². The number of amides is 1. The Balaban J connectivity index is 1.97. The van der Waals surface area contributed by atoms with Crippen LogP contribution in [-0.2, 0) is 11.3 Å². The number of aromatic nitrogens is 2. The Bertz CT molecular complexity index is 1150. The molecule has 0 spiro atoms. The maximum Gasteiger partial charge on any atom is 0.337 e. The number of hydrogen-bond acceptors (Lipinski definition) is 5. The second-order valence-electron chi connectivity index (χ2n) is 6.43. The number of carbonyl (C=O) groups excluding carboxylic acids is 2. The van der Waals surface area contributed by atoms with Gasteiger partial charge in [-0.25, -0.2) is 9.78 Å². The van der Waals surface area contributed by atoms with Crippen LogP contribution in [0, 0.1) is 13.8 Å². The molecule has 3 rings (SSSR count). The zero-order valence-corrected chi connectivity index (χ0v) is 16.2. The Labute approximate surface area is 162 Å². The van der Waals surface area contributed by atoms with E-state index in [0.717, 1.165) is 5.56 Å². The molecule has 0 unspecified atom stereocenters. The number of nitrogens with one attached hydrogen (secondary N) is 1. The van der Waals surface area contributed by atoms with Gasteiger partial charge in [-0.1, -0.05) is 6.07 Å². The van der Waals surface area contributed by atoms with Gasteiger partial charge in [-0.2, -0.15) is 0 Å². The summed E-state index contributed by atoms with van der Waals surface area (Å²) in [6.45, 7) is 5.89. The molecule has 0 saturated carbocycles. The fourth-order valence-electron chi connectivity index (χ4n) is 3.03. The van der Waals surface area contributed by atoms with E-state index in [-0.39, 0.29) is 11.5 Å². The number of esters is 1. The molecule has 3 aromatic rings. The zero-order chi connectivity index (χ0) is 20.4. The van der Waals surface area contributed by atoms with E-state index in [0.29, 0.717) is 40.1 Å². The first-order valence-electron chi connectivity index (χ1n) is 8.87. The first kappa shape index (κ1) is 19.3. The predicted molar refractivity (Wildman–Crippen MR) is 107 cm³/mol. The summed E-state index contributed by atoms with van der Waals surface area (Å²) in [7, 11) is 1.31. The van der Waals surface area contributed by atoms with E-state index in [9.17, 15) is 14.4 Å². The molecule has 0 aliphatic rings. The van der Waals surface area contributed by atoms with Gasteiger partial charge in [0.05, 0.1) is 23.7 Å². The van der Waals surface area contributed by atoms with E-state index in [1.165, 1.54) is 7.11 Å². The fourth-order valence-corrected chi connectivity index (χ4v) is 3.03. The van der Waals surface area contributed by atoms with Crippen molar-refractivity contribution in [2.75, 3.05) is 12.4 Å². The Morgan fingerprint density at radius 3 is 2.50 bits per heavy atom. The lowest BCUT2D eigenvalue weighted by molar-refractivity contribution is 0.0600. The maximum atomic E-state index is 12.7. The summed E-state index contributed by atoms with van der Waals surface area (Å²) >= 11 is 0. The van der Waals surface area contributed by atoms with Gasteiger partial charge in [-0.05, 0) is 56.7 Å². The lowest BCUT2D eigenvalue weighted by Gasteiger charge is -2.12. The molecule has 1 heterocycles. The molecule has 0 fully saturated rings. The Morgan fingerprint density at radius 2 is 1.82 bits per heavy atom. The Morgan fingerprint density at radius 1 is 1.11 bits per heavy atom. The molecular formula is C21H21N3O4. The molecule has 144 valence electrons. The second kappa shape index (κ2) is 7.64. The van der Waals surface area contributed by atoms with Gasteiger partial charge in [-0.3, -0.25) is 9.59 Å². The molecule has 0 bridgehead atoms. The van der Waals surface area contributed by atoms with Crippen LogP contribution in [0.4, 0.5) is 5.69 Å². The van der Waals surface area contributed by atoms with Crippen molar-refractivity contribution in [1.29, 1.82) is 0 Å². The summed E-state index contributed by atoms with van der Waals surface area (Å²) in [6.07, 6.45) is 0. The zero-order valence-electron chi connectivity index (χ0n) is 16.2. The third kappa shape index (κ3) is 3.51. The van der Waals surface area contributed by atoms with Gasteiger partial charge >= 0.3 is 5.97 Å². The number of aryl methyl sites for hydroxylation is 3. The molecule has 28 heavy (non-hydrogen) atoms. The van der Waals surface area contributed by atoms with Gasteiger partial charge in [0.2, 0.25) is 0 Å². The van der Waals surface area contributed by atoms with Crippen molar-refractivity contribution in [2.45, 2.75) is 27.3 Å². The first-order chi connectivity index (χ1) is 13.3. The highest BCUT2D eigenvalue weighted by Gasteiger charge is 2.14. The Hall–Kier alpha value is -3.48. The number of methoxy groups -OCH3 is 1. The molecule has 0 aliphatic heterocycles. The summed E-state index contributed by atoms with van der Waals surface area (Å²) in [6, 6.07) is 10.00. The van der Waals surface area contributed by atoms with E-state index in [2.05, 4.69) is 10.3 Å². The molecule has 0 radical (unpaired) electrons. The minimum Gasteiger partial charge on any atom is -0.465 e. The highest BCUT2D eigenvalue weighted by atomic mass is 16.5. The van der Waals surface area contributed by atoms with E-state index >= 15 is 0 Å². The molecule has 7 heteroatoms. The van der Waals surface area contributed by atoms with Crippen molar-refractivity contribution in [1.82, 2.24) is 9.55 Å². The molecule has 1 amide bonds. The number of benzene rings is 2. The van der Waals surface area contributed by atoms with Crippen LogP contribution in [0.15, 0.2) is 41.2 Å². The summed E-state index contributed by atoms with van der Waals surface area (Å²) in [5.41, 5.74) is 3.60. The summed E-state index contributed by atoms with van der Waals surface area (Å²) in [5, 5.41) is 2.82. The smallest absolute Gasteiger partial charge is 0.337 e. The minimum absolute atomic E-state index is 0.137.